The largest absolute Gasteiger partial charge is 0.337 e. The number of carbonyl (C=O) groups is 1. The van der Waals surface area contributed by atoms with Gasteiger partial charge < -0.3 is 14.8 Å². The van der Waals surface area contributed by atoms with E-state index in [2.05, 4.69) is 19.7 Å². The van der Waals surface area contributed by atoms with Crippen molar-refractivity contribution < 1.29 is 4.79 Å². The van der Waals surface area contributed by atoms with Gasteiger partial charge in [-0.1, -0.05) is 44.0 Å². The minimum atomic E-state index is 0.284. The molecule has 0 atom stereocenters. The van der Waals surface area contributed by atoms with Crippen LogP contribution in [0.15, 0.2) is 43.5 Å². The summed E-state index contributed by atoms with van der Waals surface area (Å²) in [6.07, 6.45) is 12.7. The number of nitrogens with zero attached hydrogens (tertiary/aromatic N) is 1. The first kappa shape index (κ1) is 16.4. The van der Waals surface area contributed by atoms with E-state index in [0.29, 0.717) is 0 Å². The first-order valence-corrected chi connectivity index (χ1v) is 6.57. The van der Waals surface area contributed by atoms with E-state index >= 15 is 0 Å². The van der Waals surface area contributed by atoms with Crippen molar-refractivity contribution in [1.82, 2.24) is 4.57 Å². The molecule has 3 nitrogen and oxygen atoms in total. The van der Waals surface area contributed by atoms with Crippen LogP contribution in [0.2, 0.25) is 0 Å². The number of aromatic nitrogens is 1. The standard InChI is InChI=1S/C18H20N2O/c1-5-15(10-11-19)8-9-17-14(4)20(12-13-21)18(7-3)16(17)6-2/h5-11,13,19H,1-3,12H2,4H3/b9-8+,15-10+,19-11?. The lowest BCUT2D eigenvalue weighted by Gasteiger charge is -2.04. The maximum absolute atomic E-state index is 10.9. The van der Waals surface area contributed by atoms with Gasteiger partial charge in [-0.2, -0.15) is 0 Å². The molecular weight excluding hydrogens is 260 g/mol. The highest BCUT2D eigenvalue weighted by Gasteiger charge is 2.14. The third kappa shape index (κ3) is 3.45. The van der Waals surface area contributed by atoms with Crippen molar-refractivity contribution in [3.63, 3.8) is 0 Å². The number of allylic oxidation sites excluding steroid dienone is 4. The van der Waals surface area contributed by atoms with E-state index in [4.69, 9.17) is 5.41 Å². The lowest BCUT2D eigenvalue weighted by atomic mass is 10.1. The third-order valence-electron chi connectivity index (χ3n) is 3.26. The van der Waals surface area contributed by atoms with Gasteiger partial charge in [-0.05, 0) is 24.6 Å². The molecule has 0 amide bonds. The van der Waals surface area contributed by atoms with Gasteiger partial charge in [0.15, 0.2) is 0 Å². The van der Waals surface area contributed by atoms with E-state index in [1.54, 1.807) is 24.3 Å². The van der Waals surface area contributed by atoms with Crippen molar-refractivity contribution in [3.05, 3.63) is 66.1 Å². The second-order valence-corrected chi connectivity index (χ2v) is 4.35. The van der Waals surface area contributed by atoms with E-state index in [9.17, 15) is 4.79 Å². The minimum Gasteiger partial charge on any atom is -0.337 e. The Hall–Kier alpha value is -2.68. The zero-order valence-electron chi connectivity index (χ0n) is 12.3. The molecule has 0 aliphatic rings. The van der Waals surface area contributed by atoms with Crippen molar-refractivity contribution >= 4 is 30.7 Å². The summed E-state index contributed by atoms with van der Waals surface area (Å²) < 4.78 is 1.91. The van der Waals surface area contributed by atoms with Gasteiger partial charge in [-0.15, -0.1) is 0 Å². The van der Waals surface area contributed by atoms with Crippen LogP contribution in [-0.2, 0) is 11.3 Å². The zero-order chi connectivity index (χ0) is 15.8. The van der Waals surface area contributed by atoms with Gasteiger partial charge in [0, 0.05) is 28.7 Å². The highest BCUT2D eigenvalue weighted by Crippen LogP contribution is 2.26. The maximum atomic E-state index is 10.9. The van der Waals surface area contributed by atoms with Gasteiger partial charge in [0.05, 0.1) is 6.54 Å². The Morgan fingerprint density at radius 2 is 1.95 bits per heavy atom. The smallest absolute Gasteiger partial charge is 0.139 e. The average Bonchev–Trinajstić information content (AvgIpc) is 2.75. The minimum absolute atomic E-state index is 0.284. The second kappa shape index (κ2) is 7.80. The zero-order valence-corrected chi connectivity index (χ0v) is 12.3. The fraction of sp³-hybridized carbons (Fsp3) is 0.111. The number of carbonyl (C=O) groups excluding carboxylic acids is 1. The van der Waals surface area contributed by atoms with Gasteiger partial charge in [-0.25, -0.2) is 0 Å². The Labute approximate surface area is 125 Å². The summed E-state index contributed by atoms with van der Waals surface area (Å²) in [6.45, 7) is 13.6. The molecule has 0 fully saturated rings. The monoisotopic (exact) mass is 280 g/mol. The molecule has 1 rings (SSSR count). The number of hydrogen-bond acceptors (Lipinski definition) is 2. The van der Waals surface area contributed by atoms with Gasteiger partial charge >= 0.3 is 0 Å². The number of hydrogen-bond donors (Lipinski definition) is 1. The molecule has 0 saturated carbocycles. The van der Waals surface area contributed by atoms with E-state index in [0.717, 1.165) is 34.4 Å². The van der Waals surface area contributed by atoms with Crippen LogP contribution in [0, 0.1) is 12.3 Å². The lowest BCUT2D eigenvalue weighted by Crippen LogP contribution is -2.03. The Balaban J connectivity index is 3.45. The first-order chi connectivity index (χ1) is 10.1. The number of rotatable bonds is 8. The summed E-state index contributed by atoms with van der Waals surface area (Å²) in [4.78, 5) is 10.9. The molecule has 0 aromatic carbocycles. The Kier molecular flexibility index (Phi) is 6.08. The Morgan fingerprint density at radius 3 is 2.43 bits per heavy atom. The normalized spacial score (nSPS) is 11.4. The van der Waals surface area contributed by atoms with Crippen LogP contribution in [0.1, 0.15) is 22.5 Å². The molecule has 0 radical (unpaired) electrons. The molecule has 0 unspecified atom stereocenters. The van der Waals surface area contributed by atoms with Crippen LogP contribution >= 0.6 is 0 Å². The molecule has 1 aromatic rings. The number of nitrogens with one attached hydrogen (secondary N) is 1. The Bertz CT molecular complexity index is 643. The molecular formula is C18H20N2O. The predicted molar refractivity (Wildman–Crippen MR) is 91.5 cm³/mol. The summed E-state index contributed by atoms with van der Waals surface area (Å²) >= 11 is 0. The molecule has 21 heavy (non-hydrogen) atoms. The highest BCUT2D eigenvalue weighted by molar-refractivity contribution is 5.77. The topological polar surface area (TPSA) is 45.9 Å². The van der Waals surface area contributed by atoms with E-state index in [-0.39, 0.29) is 6.54 Å². The van der Waals surface area contributed by atoms with Gasteiger partial charge in [-0.3, -0.25) is 0 Å². The summed E-state index contributed by atoms with van der Waals surface area (Å²) in [6, 6.07) is 0. The fourth-order valence-electron chi connectivity index (χ4n) is 2.23. The molecule has 1 heterocycles. The fourth-order valence-corrected chi connectivity index (χ4v) is 2.23. The molecule has 0 saturated heterocycles. The summed E-state index contributed by atoms with van der Waals surface area (Å²) in [7, 11) is 0. The van der Waals surface area contributed by atoms with Crippen LogP contribution in [0.5, 0.6) is 0 Å². The van der Waals surface area contributed by atoms with E-state index < -0.39 is 0 Å². The predicted octanol–water partition coefficient (Wildman–Crippen LogP) is 4.06. The van der Waals surface area contributed by atoms with E-state index in [1.807, 2.05) is 23.6 Å². The van der Waals surface area contributed by atoms with Crippen LogP contribution in [0.4, 0.5) is 0 Å². The lowest BCUT2D eigenvalue weighted by molar-refractivity contribution is -0.108. The third-order valence-corrected chi connectivity index (χ3v) is 3.26. The summed E-state index contributed by atoms with van der Waals surface area (Å²) in [5.74, 6) is 0. The Morgan fingerprint density at radius 1 is 1.24 bits per heavy atom. The molecule has 108 valence electrons. The molecule has 0 bridgehead atoms. The van der Waals surface area contributed by atoms with Gasteiger partial charge in [0.25, 0.3) is 0 Å². The van der Waals surface area contributed by atoms with Crippen molar-refractivity contribution in [1.29, 1.82) is 5.41 Å². The van der Waals surface area contributed by atoms with Gasteiger partial charge in [0.2, 0.25) is 0 Å². The van der Waals surface area contributed by atoms with E-state index in [1.165, 1.54) is 6.21 Å². The van der Waals surface area contributed by atoms with Crippen molar-refractivity contribution in [2.45, 2.75) is 13.5 Å². The van der Waals surface area contributed by atoms with Crippen molar-refractivity contribution in [2.75, 3.05) is 0 Å². The first-order valence-electron chi connectivity index (χ1n) is 6.57. The molecule has 1 N–H and O–H groups in total. The van der Waals surface area contributed by atoms with Crippen LogP contribution in [0.3, 0.4) is 0 Å². The maximum Gasteiger partial charge on any atom is 0.139 e. The SMILES string of the molecule is C=CC(/C=C/c1c(C=C)c(C=C)n(CC=O)c1C)=C\C=N. The van der Waals surface area contributed by atoms with Gasteiger partial charge in [0.1, 0.15) is 6.29 Å². The quantitative estimate of drug-likeness (QED) is 0.436. The summed E-state index contributed by atoms with van der Waals surface area (Å²) in [5.41, 5.74) is 4.62. The highest BCUT2D eigenvalue weighted by atomic mass is 16.1. The summed E-state index contributed by atoms with van der Waals surface area (Å²) in [5, 5.41) is 7.11. The van der Waals surface area contributed by atoms with Crippen LogP contribution in [0.25, 0.3) is 18.2 Å². The molecule has 0 aliphatic heterocycles. The molecule has 3 heteroatoms. The van der Waals surface area contributed by atoms with Crippen molar-refractivity contribution in [2.24, 2.45) is 0 Å². The molecule has 0 spiro atoms. The average molecular weight is 280 g/mol. The molecule has 0 aliphatic carbocycles. The van der Waals surface area contributed by atoms with Crippen molar-refractivity contribution in [3.8, 4) is 0 Å². The molecule has 1 aromatic heterocycles. The second-order valence-electron chi connectivity index (χ2n) is 4.35. The van der Waals surface area contributed by atoms with Crippen LogP contribution < -0.4 is 0 Å². The van der Waals surface area contributed by atoms with Crippen LogP contribution in [-0.4, -0.2) is 17.1 Å². The number of aldehydes is 1.